The van der Waals surface area contributed by atoms with Crippen LogP contribution in [-0.2, 0) is 0 Å². The van der Waals surface area contributed by atoms with Crippen LogP contribution in [-0.4, -0.2) is 29.4 Å². The van der Waals surface area contributed by atoms with E-state index >= 15 is 0 Å². The Hall–Kier alpha value is -1.04. The van der Waals surface area contributed by atoms with Crippen molar-refractivity contribution in [2.75, 3.05) is 13.1 Å². The van der Waals surface area contributed by atoms with Crippen molar-refractivity contribution in [3.05, 3.63) is 35.4 Å². The minimum absolute atomic E-state index is 0.0569. The lowest BCUT2D eigenvalue weighted by atomic mass is 10.1. The fourth-order valence-corrected chi connectivity index (χ4v) is 1.59. The van der Waals surface area contributed by atoms with Crippen LogP contribution in [0.1, 0.15) is 31.4 Å². The summed E-state index contributed by atoms with van der Waals surface area (Å²) in [6, 6.07) is 2.99. The topological polar surface area (TPSA) is 52.5 Å². The molecule has 3 nitrogen and oxygen atoms in total. The van der Waals surface area contributed by atoms with Gasteiger partial charge in [-0.15, -0.1) is 0 Å². The Morgan fingerprint density at radius 1 is 1.28 bits per heavy atom. The second-order valence-electron chi connectivity index (χ2n) is 4.24. The second-order valence-corrected chi connectivity index (χ2v) is 4.24. The van der Waals surface area contributed by atoms with Crippen molar-refractivity contribution in [1.82, 2.24) is 5.32 Å². The molecule has 18 heavy (non-hydrogen) atoms. The summed E-state index contributed by atoms with van der Waals surface area (Å²) < 4.78 is 26.2. The number of hydrogen-bond acceptors (Lipinski definition) is 3. The monoisotopic (exact) mass is 259 g/mol. The Balaban J connectivity index is 2.40. The molecular formula is C13H19F2NO2. The first-order valence-electron chi connectivity index (χ1n) is 6.06. The van der Waals surface area contributed by atoms with Gasteiger partial charge in [-0.05, 0) is 37.6 Å². The van der Waals surface area contributed by atoms with Crippen LogP contribution in [0.5, 0.6) is 0 Å². The molecule has 0 saturated carbocycles. The second kappa shape index (κ2) is 7.41. The van der Waals surface area contributed by atoms with Gasteiger partial charge in [0.2, 0.25) is 0 Å². The molecule has 2 unspecified atom stereocenters. The third-order valence-electron chi connectivity index (χ3n) is 2.78. The van der Waals surface area contributed by atoms with E-state index in [0.717, 1.165) is 18.2 Å². The molecule has 0 aliphatic carbocycles. The van der Waals surface area contributed by atoms with E-state index in [-0.39, 0.29) is 18.2 Å². The Morgan fingerprint density at radius 2 is 2.00 bits per heavy atom. The van der Waals surface area contributed by atoms with Gasteiger partial charge in [0.25, 0.3) is 0 Å². The van der Waals surface area contributed by atoms with Crippen LogP contribution in [0.3, 0.4) is 0 Å². The van der Waals surface area contributed by atoms with Crippen LogP contribution in [0.25, 0.3) is 0 Å². The zero-order chi connectivity index (χ0) is 13.5. The number of benzene rings is 1. The molecule has 0 heterocycles. The molecular weight excluding hydrogens is 240 g/mol. The lowest BCUT2D eigenvalue weighted by molar-refractivity contribution is 0.148. The van der Waals surface area contributed by atoms with Gasteiger partial charge in [-0.3, -0.25) is 0 Å². The van der Waals surface area contributed by atoms with E-state index in [1.807, 2.05) is 6.92 Å². The lowest BCUT2D eigenvalue weighted by Gasteiger charge is -2.14. The van der Waals surface area contributed by atoms with Gasteiger partial charge in [-0.25, -0.2) is 8.78 Å². The van der Waals surface area contributed by atoms with Gasteiger partial charge in [0.1, 0.15) is 11.6 Å². The fraction of sp³-hybridized carbons (Fsp3) is 0.538. The van der Waals surface area contributed by atoms with Gasteiger partial charge in [0.05, 0.1) is 12.2 Å². The molecule has 2 atom stereocenters. The molecule has 0 bridgehead atoms. The van der Waals surface area contributed by atoms with Crippen molar-refractivity contribution in [3.63, 3.8) is 0 Å². The molecule has 0 aliphatic rings. The van der Waals surface area contributed by atoms with E-state index in [1.165, 1.54) is 0 Å². The number of rotatable bonds is 7. The first kappa shape index (κ1) is 15.0. The van der Waals surface area contributed by atoms with E-state index in [2.05, 4.69) is 5.32 Å². The largest absolute Gasteiger partial charge is 0.393 e. The van der Waals surface area contributed by atoms with E-state index in [0.29, 0.717) is 19.4 Å². The summed E-state index contributed by atoms with van der Waals surface area (Å²) in [6.07, 6.45) is -0.238. The van der Waals surface area contributed by atoms with Crippen molar-refractivity contribution in [1.29, 1.82) is 0 Å². The minimum atomic E-state index is -1.10. The molecule has 102 valence electrons. The summed E-state index contributed by atoms with van der Waals surface area (Å²) >= 11 is 0. The predicted molar refractivity (Wildman–Crippen MR) is 65.1 cm³/mol. The highest BCUT2D eigenvalue weighted by atomic mass is 19.1. The van der Waals surface area contributed by atoms with Gasteiger partial charge in [-0.2, -0.15) is 0 Å². The van der Waals surface area contributed by atoms with Gasteiger partial charge < -0.3 is 15.5 Å². The Kier molecular flexibility index (Phi) is 6.18. The van der Waals surface area contributed by atoms with E-state index in [9.17, 15) is 19.0 Å². The SMILES string of the molecule is CCC(O)CCNCC(O)c1cc(F)ccc1F. The highest BCUT2D eigenvalue weighted by Gasteiger charge is 2.13. The Labute approximate surface area is 105 Å². The number of aliphatic hydroxyl groups excluding tert-OH is 2. The molecule has 0 saturated heterocycles. The first-order valence-corrected chi connectivity index (χ1v) is 6.06. The van der Waals surface area contributed by atoms with Crippen LogP contribution in [0.2, 0.25) is 0 Å². The third kappa shape index (κ3) is 4.68. The summed E-state index contributed by atoms with van der Waals surface area (Å²) in [4.78, 5) is 0. The summed E-state index contributed by atoms with van der Waals surface area (Å²) in [5.41, 5.74) is -0.0569. The van der Waals surface area contributed by atoms with E-state index in [4.69, 9.17) is 0 Å². The van der Waals surface area contributed by atoms with E-state index in [1.54, 1.807) is 0 Å². The zero-order valence-electron chi connectivity index (χ0n) is 10.4. The third-order valence-corrected chi connectivity index (χ3v) is 2.78. The van der Waals surface area contributed by atoms with Crippen molar-refractivity contribution < 1.29 is 19.0 Å². The standard InChI is InChI=1S/C13H19F2NO2/c1-2-10(17)5-6-16-8-13(18)11-7-9(14)3-4-12(11)15/h3-4,7,10,13,16-18H,2,5-6,8H2,1H3. The van der Waals surface area contributed by atoms with Crippen LogP contribution < -0.4 is 5.32 Å². The molecule has 0 amide bonds. The lowest BCUT2D eigenvalue weighted by Crippen LogP contribution is -2.25. The average Bonchev–Trinajstić information content (AvgIpc) is 2.36. The van der Waals surface area contributed by atoms with Crippen molar-refractivity contribution in [2.24, 2.45) is 0 Å². The normalized spacial score (nSPS) is 14.5. The van der Waals surface area contributed by atoms with Crippen molar-refractivity contribution >= 4 is 0 Å². The van der Waals surface area contributed by atoms with Crippen LogP contribution >= 0.6 is 0 Å². The molecule has 1 rings (SSSR count). The molecule has 1 aromatic carbocycles. The molecule has 0 aliphatic heterocycles. The quantitative estimate of drug-likeness (QED) is 0.654. The maximum atomic E-state index is 13.3. The van der Waals surface area contributed by atoms with Gasteiger partial charge in [0, 0.05) is 12.1 Å². The highest BCUT2D eigenvalue weighted by Crippen LogP contribution is 2.17. The molecule has 0 aromatic heterocycles. The number of nitrogens with one attached hydrogen (secondary N) is 1. The van der Waals surface area contributed by atoms with Crippen molar-refractivity contribution in [3.8, 4) is 0 Å². The maximum Gasteiger partial charge on any atom is 0.129 e. The average molecular weight is 259 g/mol. The first-order chi connectivity index (χ1) is 8.54. The smallest absolute Gasteiger partial charge is 0.129 e. The predicted octanol–water partition coefficient (Wildman–Crippen LogP) is 1.75. The summed E-state index contributed by atoms with van der Waals surface area (Å²) in [7, 11) is 0. The highest BCUT2D eigenvalue weighted by molar-refractivity contribution is 5.21. The van der Waals surface area contributed by atoms with E-state index < -0.39 is 17.7 Å². The molecule has 0 radical (unpaired) electrons. The summed E-state index contributed by atoms with van der Waals surface area (Å²) in [5.74, 6) is -1.20. The number of hydrogen-bond donors (Lipinski definition) is 3. The van der Waals surface area contributed by atoms with Gasteiger partial charge in [-0.1, -0.05) is 6.92 Å². The van der Waals surface area contributed by atoms with Gasteiger partial charge in [0.15, 0.2) is 0 Å². The number of aliphatic hydroxyl groups is 2. The van der Waals surface area contributed by atoms with Crippen LogP contribution in [0.4, 0.5) is 8.78 Å². The van der Waals surface area contributed by atoms with Crippen LogP contribution in [0, 0.1) is 11.6 Å². The van der Waals surface area contributed by atoms with Crippen molar-refractivity contribution in [2.45, 2.75) is 32.0 Å². The Bertz CT molecular complexity index is 374. The molecule has 3 N–H and O–H groups in total. The zero-order valence-corrected chi connectivity index (χ0v) is 10.4. The molecule has 1 aromatic rings. The Morgan fingerprint density at radius 3 is 2.67 bits per heavy atom. The summed E-state index contributed by atoms with van der Waals surface area (Å²) in [6.45, 7) is 2.52. The number of halogens is 2. The summed E-state index contributed by atoms with van der Waals surface area (Å²) in [5, 5.41) is 21.9. The fourth-order valence-electron chi connectivity index (χ4n) is 1.59. The van der Waals surface area contributed by atoms with Gasteiger partial charge >= 0.3 is 0 Å². The molecule has 0 fully saturated rings. The maximum absolute atomic E-state index is 13.3. The molecule has 5 heteroatoms. The van der Waals surface area contributed by atoms with Crippen LogP contribution in [0.15, 0.2) is 18.2 Å². The minimum Gasteiger partial charge on any atom is -0.393 e. The molecule has 0 spiro atoms.